The number of hydrogen-bond acceptors (Lipinski definition) is 2. The van der Waals surface area contributed by atoms with Gasteiger partial charge in [-0.2, -0.15) is 0 Å². The van der Waals surface area contributed by atoms with Gasteiger partial charge in [0.05, 0.1) is 0 Å². The molecule has 0 aliphatic carbocycles. The van der Waals surface area contributed by atoms with Gasteiger partial charge in [0.15, 0.2) is 0 Å². The zero-order valence-electron chi connectivity index (χ0n) is 7.02. The quantitative estimate of drug-likeness (QED) is 0.353. The molecule has 0 spiro atoms. The molecular formula is C9H10BrNO2. The highest BCUT2D eigenvalue weighted by atomic mass is 79.9. The average Bonchev–Trinajstić information content (AvgIpc) is 2.15. The molecule has 0 saturated heterocycles. The third kappa shape index (κ3) is 3.55. The van der Waals surface area contributed by atoms with Gasteiger partial charge in [0, 0.05) is 11.3 Å². The topological polar surface area (TPSA) is 43.1 Å². The summed E-state index contributed by atoms with van der Waals surface area (Å²) in [6.45, 7) is 0. The van der Waals surface area contributed by atoms with E-state index in [2.05, 4.69) is 15.9 Å². The molecule has 0 heterocycles. The summed E-state index contributed by atoms with van der Waals surface area (Å²) in [4.78, 5) is 9.33. The Morgan fingerprint density at radius 3 is 2.54 bits per heavy atom. The van der Waals surface area contributed by atoms with Gasteiger partial charge in [0.25, 0.3) is 4.95 Å². The van der Waals surface area contributed by atoms with Crippen molar-refractivity contribution in [3.8, 4) is 0 Å². The van der Waals surface area contributed by atoms with E-state index >= 15 is 0 Å². The van der Waals surface area contributed by atoms with E-state index in [9.17, 15) is 10.1 Å². The van der Waals surface area contributed by atoms with Crippen LogP contribution in [0.1, 0.15) is 12.0 Å². The summed E-state index contributed by atoms with van der Waals surface area (Å²) in [5, 5.41) is 10.3. The van der Waals surface area contributed by atoms with Crippen molar-refractivity contribution < 1.29 is 4.92 Å². The molecular weight excluding hydrogens is 234 g/mol. The molecule has 70 valence electrons. The van der Waals surface area contributed by atoms with Gasteiger partial charge in [-0.15, -0.1) is 0 Å². The number of hydrogen-bond donors (Lipinski definition) is 0. The fourth-order valence-corrected chi connectivity index (χ4v) is 1.26. The molecule has 0 aliphatic heterocycles. The van der Waals surface area contributed by atoms with Crippen LogP contribution in [-0.4, -0.2) is 9.87 Å². The molecule has 1 aromatic rings. The molecule has 0 bridgehead atoms. The molecule has 1 unspecified atom stereocenters. The fraction of sp³-hybridized carbons (Fsp3) is 0.333. The van der Waals surface area contributed by atoms with E-state index in [1.54, 1.807) is 0 Å². The first-order valence-corrected chi connectivity index (χ1v) is 4.93. The Morgan fingerprint density at radius 1 is 1.38 bits per heavy atom. The standard InChI is InChI=1S/C9H10BrNO2/c10-9(11(12)13)7-6-8-4-2-1-3-5-8/h1-5,9H,6-7H2. The Morgan fingerprint density at radius 2 is 2.00 bits per heavy atom. The SMILES string of the molecule is O=[N+]([O-])C(Br)CCc1ccccc1. The lowest BCUT2D eigenvalue weighted by molar-refractivity contribution is -0.493. The minimum atomic E-state index is -0.632. The number of halogens is 1. The Labute approximate surface area is 85.0 Å². The van der Waals surface area contributed by atoms with Crippen LogP contribution in [0.2, 0.25) is 0 Å². The van der Waals surface area contributed by atoms with Crippen LogP contribution in [0, 0.1) is 10.1 Å². The second kappa shape index (κ2) is 4.97. The van der Waals surface area contributed by atoms with Crippen molar-refractivity contribution in [3.05, 3.63) is 46.0 Å². The van der Waals surface area contributed by atoms with Crippen molar-refractivity contribution in [3.63, 3.8) is 0 Å². The monoisotopic (exact) mass is 243 g/mol. The smallest absolute Gasteiger partial charge is 0.263 e. The van der Waals surface area contributed by atoms with Crippen LogP contribution >= 0.6 is 15.9 Å². The molecule has 0 amide bonds. The maximum Gasteiger partial charge on any atom is 0.266 e. The molecule has 13 heavy (non-hydrogen) atoms. The molecule has 4 heteroatoms. The van der Waals surface area contributed by atoms with Crippen molar-refractivity contribution in [1.29, 1.82) is 0 Å². The Bertz CT molecular complexity index is 276. The number of nitrogens with zero attached hydrogens (tertiary/aromatic N) is 1. The molecule has 0 fully saturated rings. The molecule has 1 atom stereocenters. The van der Waals surface area contributed by atoms with E-state index in [0.717, 1.165) is 12.0 Å². The summed E-state index contributed by atoms with van der Waals surface area (Å²) >= 11 is 3.00. The molecule has 3 nitrogen and oxygen atoms in total. The largest absolute Gasteiger partial charge is 0.266 e. The highest BCUT2D eigenvalue weighted by Gasteiger charge is 2.13. The van der Waals surface area contributed by atoms with E-state index in [-0.39, 0.29) is 4.92 Å². The van der Waals surface area contributed by atoms with Crippen molar-refractivity contribution in [2.75, 3.05) is 0 Å². The summed E-state index contributed by atoms with van der Waals surface area (Å²) in [5.41, 5.74) is 1.13. The lowest BCUT2D eigenvalue weighted by Crippen LogP contribution is -2.11. The van der Waals surface area contributed by atoms with Gasteiger partial charge in [0.1, 0.15) is 0 Å². The molecule has 0 radical (unpaired) electrons. The molecule has 1 rings (SSSR count). The van der Waals surface area contributed by atoms with Gasteiger partial charge >= 0.3 is 0 Å². The van der Waals surface area contributed by atoms with E-state index in [1.165, 1.54) is 0 Å². The predicted molar refractivity (Wildman–Crippen MR) is 54.5 cm³/mol. The van der Waals surface area contributed by atoms with Crippen molar-refractivity contribution in [2.24, 2.45) is 0 Å². The number of alkyl halides is 1. The van der Waals surface area contributed by atoms with Gasteiger partial charge in [-0.1, -0.05) is 30.3 Å². The zero-order valence-corrected chi connectivity index (χ0v) is 8.61. The molecule has 0 saturated carbocycles. The lowest BCUT2D eigenvalue weighted by Gasteiger charge is -2.01. The second-order valence-corrected chi connectivity index (χ2v) is 3.80. The third-order valence-electron chi connectivity index (χ3n) is 1.74. The van der Waals surface area contributed by atoms with Crippen LogP contribution in [0.3, 0.4) is 0 Å². The molecule has 0 aliphatic rings. The maximum atomic E-state index is 10.3. The lowest BCUT2D eigenvalue weighted by atomic mass is 10.1. The van der Waals surface area contributed by atoms with Gasteiger partial charge < -0.3 is 0 Å². The summed E-state index contributed by atoms with van der Waals surface area (Å²) in [6.07, 6.45) is 1.26. The van der Waals surface area contributed by atoms with Crippen molar-refractivity contribution in [2.45, 2.75) is 17.8 Å². The van der Waals surface area contributed by atoms with Crippen LogP contribution in [0.25, 0.3) is 0 Å². The highest BCUT2D eigenvalue weighted by molar-refractivity contribution is 9.09. The van der Waals surface area contributed by atoms with Crippen LogP contribution in [0.4, 0.5) is 0 Å². The maximum absolute atomic E-state index is 10.3. The number of aryl methyl sites for hydroxylation is 1. The van der Waals surface area contributed by atoms with Gasteiger partial charge in [0.2, 0.25) is 0 Å². The summed E-state index contributed by atoms with van der Waals surface area (Å²) < 4.78 is 0. The van der Waals surface area contributed by atoms with Gasteiger partial charge in [-0.05, 0) is 27.9 Å². The number of rotatable bonds is 4. The fourth-order valence-electron chi connectivity index (χ4n) is 1.04. The molecule has 0 N–H and O–H groups in total. The number of nitro groups is 1. The Kier molecular flexibility index (Phi) is 3.89. The normalized spacial score (nSPS) is 12.4. The summed E-state index contributed by atoms with van der Waals surface area (Å²) in [6, 6.07) is 9.75. The van der Waals surface area contributed by atoms with E-state index in [1.807, 2.05) is 30.3 Å². The first-order chi connectivity index (χ1) is 6.20. The molecule has 1 aromatic carbocycles. The van der Waals surface area contributed by atoms with E-state index in [4.69, 9.17) is 0 Å². The summed E-state index contributed by atoms with van der Waals surface area (Å²) in [7, 11) is 0. The first-order valence-electron chi connectivity index (χ1n) is 4.01. The van der Waals surface area contributed by atoms with Gasteiger partial charge in [-0.25, -0.2) is 0 Å². The minimum Gasteiger partial charge on any atom is -0.263 e. The highest BCUT2D eigenvalue weighted by Crippen LogP contribution is 2.10. The second-order valence-electron chi connectivity index (χ2n) is 2.74. The van der Waals surface area contributed by atoms with Crippen LogP contribution in [0.5, 0.6) is 0 Å². The Balaban J connectivity index is 2.39. The minimum absolute atomic E-state index is 0.317. The van der Waals surface area contributed by atoms with Crippen LogP contribution in [0.15, 0.2) is 30.3 Å². The van der Waals surface area contributed by atoms with E-state index < -0.39 is 4.95 Å². The van der Waals surface area contributed by atoms with Crippen LogP contribution < -0.4 is 0 Å². The molecule has 0 aromatic heterocycles. The predicted octanol–water partition coefficient (Wildman–Crippen LogP) is 2.62. The van der Waals surface area contributed by atoms with Gasteiger partial charge in [-0.3, -0.25) is 10.1 Å². The average molecular weight is 244 g/mol. The zero-order chi connectivity index (χ0) is 9.68. The van der Waals surface area contributed by atoms with Crippen molar-refractivity contribution in [1.82, 2.24) is 0 Å². The third-order valence-corrected chi connectivity index (χ3v) is 2.53. The summed E-state index contributed by atoms with van der Waals surface area (Å²) in [5.74, 6) is 0. The van der Waals surface area contributed by atoms with Crippen LogP contribution in [-0.2, 0) is 6.42 Å². The number of benzene rings is 1. The first kappa shape index (κ1) is 10.2. The Hall–Kier alpha value is -0.900. The van der Waals surface area contributed by atoms with E-state index in [0.29, 0.717) is 6.42 Å². The van der Waals surface area contributed by atoms with Crippen molar-refractivity contribution >= 4 is 15.9 Å².